The second-order valence-corrected chi connectivity index (χ2v) is 11.2. The Morgan fingerprint density at radius 3 is 2.30 bits per heavy atom. The maximum atomic E-state index is 12.5. The third kappa shape index (κ3) is 5.49. The average Bonchev–Trinajstić information content (AvgIpc) is 3.27. The number of aromatic nitrogens is 1. The molecule has 0 saturated carbocycles. The van der Waals surface area contributed by atoms with Gasteiger partial charge in [-0.25, -0.2) is 8.42 Å². The van der Waals surface area contributed by atoms with Crippen molar-refractivity contribution in [2.75, 3.05) is 29.1 Å². The van der Waals surface area contributed by atoms with Gasteiger partial charge in [-0.2, -0.15) is 8.96 Å². The molecular weight excluding hydrogens is 535 g/mol. The van der Waals surface area contributed by atoms with Crippen LogP contribution in [0.15, 0.2) is 51.1 Å². The van der Waals surface area contributed by atoms with Crippen molar-refractivity contribution in [2.45, 2.75) is 34.2 Å². The van der Waals surface area contributed by atoms with Crippen LogP contribution in [0, 0.1) is 13.8 Å². The van der Waals surface area contributed by atoms with Crippen LogP contribution in [0.25, 0.3) is 17.2 Å². The zero-order valence-electron chi connectivity index (χ0n) is 21.2. The summed E-state index contributed by atoms with van der Waals surface area (Å²) in [7, 11) is -3.83. The SMILES string of the molecule is CCN1/C(=C/C=C/c2oc3cc(C)c(C)cc3[n+]2CC)N(C/C([O-])=N/S(C)(=O)=O)c2cc(Cl)c(Cl)cc21. The fraction of sp³-hybridized carbons (Fsp3) is 0.308. The third-order valence-electron chi connectivity index (χ3n) is 6.18. The molecule has 0 N–H and O–H groups in total. The Bertz CT molecular complexity index is 1580. The van der Waals surface area contributed by atoms with Gasteiger partial charge >= 0.3 is 5.89 Å². The average molecular weight is 564 g/mol. The van der Waals surface area contributed by atoms with Crippen molar-refractivity contribution in [2.24, 2.45) is 4.40 Å². The first-order chi connectivity index (χ1) is 17.4. The van der Waals surface area contributed by atoms with Crippen LogP contribution >= 0.6 is 23.2 Å². The van der Waals surface area contributed by atoms with E-state index < -0.39 is 15.9 Å². The van der Waals surface area contributed by atoms with Gasteiger partial charge in [-0.05, 0) is 75.1 Å². The molecule has 1 aliphatic heterocycles. The van der Waals surface area contributed by atoms with E-state index in [1.54, 1.807) is 17.0 Å². The highest BCUT2D eigenvalue weighted by molar-refractivity contribution is 7.89. The molecule has 2 heterocycles. The maximum absolute atomic E-state index is 12.5. The minimum Gasteiger partial charge on any atom is -0.860 e. The van der Waals surface area contributed by atoms with E-state index in [4.69, 9.17) is 27.6 Å². The van der Waals surface area contributed by atoms with Gasteiger partial charge in [0.05, 0.1) is 40.3 Å². The molecular formula is C26H28Cl2N4O4S. The van der Waals surface area contributed by atoms with Gasteiger partial charge < -0.3 is 19.3 Å². The van der Waals surface area contributed by atoms with E-state index in [-0.39, 0.29) is 6.54 Å². The summed E-state index contributed by atoms with van der Waals surface area (Å²) in [6.45, 7) is 9.15. The van der Waals surface area contributed by atoms with E-state index in [2.05, 4.69) is 35.8 Å². The summed E-state index contributed by atoms with van der Waals surface area (Å²) >= 11 is 12.6. The summed E-state index contributed by atoms with van der Waals surface area (Å²) in [6, 6.07) is 7.54. The van der Waals surface area contributed by atoms with E-state index in [1.165, 1.54) is 5.56 Å². The van der Waals surface area contributed by atoms with Crippen molar-refractivity contribution in [3.05, 3.63) is 69.3 Å². The molecule has 3 aromatic rings. The molecule has 8 nitrogen and oxygen atoms in total. The second-order valence-electron chi connectivity index (χ2n) is 8.78. The van der Waals surface area contributed by atoms with Gasteiger partial charge in [0.15, 0.2) is 0 Å². The van der Waals surface area contributed by atoms with E-state index in [1.807, 2.05) is 36.1 Å². The highest BCUT2D eigenvalue weighted by Crippen LogP contribution is 2.45. The Morgan fingerprint density at radius 2 is 1.70 bits per heavy atom. The molecule has 0 radical (unpaired) electrons. The van der Waals surface area contributed by atoms with Crippen LogP contribution < -0.4 is 19.5 Å². The van der Waals surface area contributed by atoms with Crippen molar-refractivity contribution in [1.29, 1.82) is 0 Å². The minimum absolute atomic E-state index is 0.285. The highest BCUT2D eigenvalue weighted by atomic mass is 35.5. The van der Waals surface area contributed by atoms with Gasteiger partial charge in [0.25, 0.3) is 5.52 Å². The molecule has 2 aromatic carbocycles. The van der Waals surface area contributed by atoms with Crippen molar-refractivity contribution in [1.82, 2.24) is 0 Å². The molecule has 0 fully saturated rings. The number of benzene rings is 2. The molecule has 1 aromatic heterocycles. The number of sulfonamides is 1. The summed E-state index contributed by atoms with van der Waals surface area (Å²) < 4.78 is 34.7. The lowest BCUT2D eigenvalue weighted by Crippen LogP contribution is -2.37. The van der Waals surface area contributed by atoms with E-state index in [0.29, 0.717) is 34.0 Å². The third-order valence-corrected chi connectivity index (χ3v) is 7.43. The molecule has 11 heteroatoms. The molecule has 4 rings (SSSR count). The molecule has 0 saturated heterocycles. The molecule has 0 unspecified atom stereocenters. The maximum Gasteiger partial charge on any atom is 0.374 e. The summed E-state index contributed by atoms with van der Waals surface area (Å²) in [5.74, 6) is 0.535. The lowest BCUT2D eigenvalue weighted by Gasteiger charge is -2.26. The Morgan fingerprint density at radius 1 is 1.08 bits per heavy atom. The smallest absolute Gasteiger partial charge is 0.374 e. The predicted octanol–water partition coefficient (Wildman–Crippen LogP) is 4.58. The summed E-state index contributed by atoms with van der Waals surface area (Å²) in [5.41, 5.74) is 5.54. The second kappa shape index (κ2) is 10.4. The molecule has 0 amide bonds. The quantitative estimate of drug-likeness (QED) is 0.237. The molecule has 0 aliphatic carbocycles. The van der Waals surface area contributed by atoms with Crippen LogP contribution in [-0.2, 0) is 16.6 Å². The summed E-state index contributed by atoms with van der Waals surface area (Å²) in [5, 5.41) is 13.2. The Hall–Kier alpha value is -3.01. The lowest BCUT2D eigenvalue weighted by atomic mass is 10.1. The standard InChI is InChI=1S/C26H28Cl2N4O4S/c1-6-30-20-13-18(27)19(28)14-21(20)32(15-24(33)29-37(5,34)35)25(30)9-8-10-26-31(7-2)22-11-16(3)17(4)12-23(22)36-26/h8-14H,6-7,15H2,1-5H3. The monoisotopic (exact) mass is 562 g/mol. The fourth-order valence-corrected chi connectivity index (χ4v) is 5.14. The van der Waals surface area contributed by atoms with Crippen LogP contribution in [0.5, 0.6) is 0 Å². The summed E-state index contributed by atoms with van der Waals surface area (Å²) in [4.78, 5) is 3.65. The van der Waals surface area contributed by atoms with Gasteiger partial charge in [-0.1, -0.05) is 23.2 Å². The Labute approximate surface area is 226 Å². The van der Waals surface area contributed by atoms with Crippen LogP contribution in [0.4, 0.5) is 11.4 Å². The number of aryl methyl sites for hydroxylation is 3. The number of fused-ring (bicyclic) bond motifs is 2. The summed E-state index contributed by atoms with van der Waals surface area (Å²) in [6.07, 6.45) is 6.42. The fourth-order valence-electron chi connectivity index (χ4n) is 4.40. The minimum atomic E-state index is -3.83. The first kappa shape index (κ1) is 27.0. The van der Waals surface area contributed by atoms with Crippen LogP contribution in [0.2, 0.25) is 10.0 Å². The zero-order chi connectivity index (χ0) is 27.1. The molecule has 0 spiro atoms. The molecule has 196 valence electrons. The van der Waals surface area contributed by atoms with E-state index in [0.717, 1.165) is 35.2 Å². The van der Waals surface area contributed by atoms with Crippen molar-refractivity contribution < 1.29 is 22.5 Å². The largest absolute Gasteiger partial charge is 0.860 e. The first-order valence-electron chi connectivity index (χ1n) is 11.7. The van der Waals surface area contributed by atoms with Gasteiger partial charge in [-0.3, -0.25) is 0 Å². The molecule has 37 heavy (non-hydrogen) atoms. The number of halogens is 2. The number of oxazole rings is 1. The van der Waals surface area contributed by atoms with Gasteiger partial charge in [-0.15, -0.1) is 0 Å². The lowest BCUT2D eigenvalue weighted by molar-refractivity contribution is -0.674. The molecule has 1 aliphatic rings. The number of hydrogen-bond donors (Lipinski definition) is 0. The number of rotatable bonds is 7. The number of allylic oxidation sites excluding steroid dienone is 2. The zero-order valence-corrected chi connectivity index (χ0v) is 23.6. The molecule has 0 bridgehead atoms. The number of hydrogen-bond acceptors (Lipinski definition) is 6. The normalized spacial score (nSPS) is 15.5. The van der Waals surface area contributed by atoms with Gasteiger partial charge in [0.1, 0.15) is 12.4 Å². The van der Waals surface area contributed by atoms with Crippen LogP contribution in [0.1, 0.15) is 30.9 Å². The van der Waals surface area contributed by atoms with Crippen LogP contribution in [0.3, 0.4) is 0 Å². The van der Waals surface area contributed by atoms with Crippen molar-refractivity contribution in [3.8, 4) is 0 Å². The van der Waals surface area contributed by atoms with Gasteiger partial charge in [0.2, 0.25) is 15.6 Å². The predicted molar refractivity (Wildman–Crippen MR) is 148 cm³/mol. The molecule has 0 atom stereocenters. The topological polar surface area (TPSA) is 93.1 Å². The Kier molecular flexibility index (Phi) is 7.60. The van der Waals surface area contributed by atoms with Crippen molar-refractivity contribution >= 4 is 67.7 Å². The van der Waals surface area contributed by atoms with Crippen molar-refractivity contribution in [3.63, 3.8) is 0 Å². The Balaban J connectivity index is 1.79. The van der Waals surface area contributed by atoms with Crippen LogP contribution in [-0.4, -0.2) is 33.7 Å². The first-order valence-corrected chi connectivity index (χ1v) is 14.4. The van der Waals surface area contributed by atoms with E-state index >= 15 is 0 Å². The van der Waals surface area contributed by atoms with Gasteiger partial charge in [0, 0.05) is 12.6 Å². The highest BCUT2D eigenvalue weighted by Gasteiger charge is 2.31. The van der Waals surface area contributed by atoms with E-state index in [9.17, 15) is 13.5 Å². The number of nitrogens with zero attached hydrogens (tertiary/aromatic N) is 4. The number of anilines is 2.